The van der Waals surface area contributed by atoms with Crippen molar-refractivity contribution in [2.24, 2.45) is 0 Å². The zero-order chi connectivity index (χ0) is 21.3. The summed E-state index contributed by atoms with van der Waals surface area (Å²) in [6.45, 7) is 3.87. The van der Waals surface area contributed by atoms with Crippen LogP contribution in [0, 0.1) is 6.92 Å². The highest BCUT2D eigenvalue weighted by atomic mass is 35.5. The van der Waals surface area contributed by atoms with Crippen molar-refractivity contribution in [2.75, 3.05) is 5.32 Å². The Balaban J connectivity index is 1.59. The molecular weight excluding hydrogens is 400 g/mol. The first kappa shape index (κ1) is 20.2. The van der Waals surface area contributed by atoms with Gasteiger partial charge in [0.15, 0.2) is 0 Å². The van der Waals surface area contributed by atoms with Crippen molar-refractivity contribution in [3.63, 3.8) is 0 Å². The van der Waals surface area contributed by atoms with Crippen LogP contribution in [0.25, 0.3) is 5.69 Å². The van der Waals surface area contributed by atoms with Gasteiger partial charge in [-0.2, -0.15) is 5.10 Å². The van der Waals surface area contributed by atoms with Crippen molar-refractivity contribution < 1.29 is 9.59 Å². The smallest absolute Gasteiger partial charge is 0.259 e. The Kier molecular flexibility index (Phi) is 5.59. The van der Waals surface area contributed by atoms with Gasteiger partial charge < -0.3 is 10.6 Å². The number of aromatic nitrogens is 2. The highest BCUT2D eigenvalue weighted by molar-refractivity contribution is 6.30. The summed E-state index contributed by atoms with van der Waals surface area (Å²) in [5.41, 5.74) is 4.11. The lowest BCUT2D eigenvalue weighted by molar-refractivity contribution is 0.0949. The van der Waals surface area contributed by atoms with Gasteiger partial charge in [0.25, 0.3) is 11.8 Å². The van der Waals surface area contributed by atoms with Gasteiger partial charge in [-0.25, -0.2) is 4.68 Å². The molecule has 0 radical (unpaired) electrons. The van der Waals surface area contributed by atoms with Crippen LogP contribution in [0.15, 0.2) is 48.7 Å². The average Bonchev–Trinajstić information content (AvgIpc) is 3.43. The molecule has 0 aliphatic heterocycles. The molecule has 1 heterocycles. The minimum Gasteiger partial charge on any atom is -0.349 e. The SMILES string of the molecule is CCc1c(C(=O)Nc2cc(C(=O)NC3CC3)ccc2C)cnn1-c1cccc(Cl)c1. The Morgan fingerprint density at radius 3 is 2.67 bits per heavy atom. The largest absolute Gasteiger partial charge is 0.349 e. The van der Waals surface area contributed by atoms with E-state index in [1.165, 1.54) is 0 Å². The van der Waals surface area contributed by atoms with Gasteiger partial charge in [0.05, 0.1) is 23.1 Å². The Morgan fingerprint density at radius 1 is 1.17 bits per heavy atom. The van der Waals surface area contributed by atoms with E-state index in [1.807, 2.05) is 38.1 Å². The monoisotopic (exact) mass is 422 g/mol. The summed E-state index contributed by atoms with van der Waals surface area (Å²) in [5, 5.41) is 10.9. The zero-order valence-corrected chi connectivity index (χ0v) is 17.7. The van der Waals surface area contributed by atoms with Gasteiger partial charge in [-0.15, -0.1) is 0 Å². The summed E-state index contributed by atoms with van der Waals surface area (Å²) in [6.07, 6.45) is 4.24. The summed E-state index contributed by atoms with van der Waals surface area (Å²) in [5.74, 6) is -0.376. The van der Waals surface area contributed by atoms with E-state index in [2.05, 4.69) is 15.7 Å². The number of hydrogen-bond donors (Lipinski definition) is 2. The van der Waals surface area contributed by atoms with E-state index in [9.17, 15) is 9.59 Å². The van der Waals surface area contributed by atoms with Crippen molar-refractivity contribution in [1.82, 2.24) is 15.1 Å². The fraction of sp³-hybridized carbons (Fsp3) is 0.261. The molecule has 4 rings (SSSR count). The van der Waals surface area contributed by atoms with Gasteiger partial charge >= 0.3 is 0 Å². The van der Waals surface area contributed by atoms with Crippen molar-refractivity contribution in [1.29, 1.82) is 0 Å². The highest BCUT2D eigenvalue weighted by Gasteiger charge is 2.24. The molecule has 30 heavy (non-hydrogen) atoms. The van der Waals surface area contributed by atoms with Crippen LogP contribution in [0.5, 0.6) is 0 Å². The topological polar surface area (TPSA) is 76.0 Å². The van der Waals surface area contributed by atoms with Crippen molar-refractivity contribution in [2.45, 2.75) is 39.2 Å². The maximum Gasteiger partial charge on any atom is 0.259 e. The molecule has 1 saturated carbocycles. The molecule has 0 unspecified atom stereocenters. The number of anilines is 1. The minimum atomic E-state index is -0.261. The molecule has 2 aromatic carbocycles. The number of halogens is 1. The summed E-state index contributed by atoms with van der Waals surface area (Å²) in [4.78, 5) is 25.4. The number of carbonyl (C=O) groups excluding carboxylic acids is 2. The number of aryl methyl sites for hydroxylation is 1. The average molecular weight is 423 g/mol. The molecule has 1 aliphatic carbocycles. The number of hydrogen-bond acceptors (Lipinski definition) is 3. The fourth-order valence-corrected chi connectivity index (χ4v) is 3.50. The van der Waals surface area contributed by atoms with Crippen LogP contribution in [0.4, 0.5) is 5.69 Å². The van der Waals surface area contributed by atoms with Crippen LogP contribution < -0.4 is 10.6 Å². The molecule has 3 aromatic rings. The van der Waals surface area contributed by atoms with E-state index in [4.69, 9.17) is 11.6 Å². The van der Waals surface area contributed by atoms with Gasteiger partial charge in [0, 0.05) is 22.3 Å². The van der Waals surface area contributed by atoms with E-state index in [0.717, 1.165) is 29.8 Å². The summed E-state index contributed by atoms with van der Waals surface area (Å²) in [7, 11) is 0. The number of rotatable bonds is 6. The van der Waals surface area contributed by atoms with Crippen LogP contribution in [0.2, 0.25) is 5.02 Å². The lowest BCUT2D eigenvalue weighted by atomic mass is 10.1. The molecule has 0 bridgehead atoms. The summed E-state index contributed by atoms with van der Waals surface area (Å²) >= 11 is 6.11. The maximum atomic E-state index is 13.0. The molecular formula is C23H23ClN4O2. The molecule has 6 nitrogen and oxygen atoms in total. The minimum absolute atomic E-state index is 0.115. The van der Waals surface area contributed by atoms with Crippen LogP contribution >= 0.6 is 11.6 Å². The number of amides is 2. The number of nitrogens with one attached hydrogen (secondary N) is 2. The third kappa shape index (κ3) is 4.24. The Bertz CT molecular complexity index is 1120. The van der Waals surface area contributed by atoms with Crippen LogP contribution in [-0.4, -0.2) is 27.6 Å². The first-order valence-electron chi connectivity index (χ1n) is 10.0. The van der Waals surface area contributed by atoms with Crippen molar-refractivity contribution >= 4 is 29.1 Å². The summed E-state index contributed by atoms with van der Waals surface area (Å²) in [6, 6.07) is 13.0. The quantitative estimate of drug-likeness (QED) is 0.612. The predicted molar refractivity (Wildman–Crippen MR) is 118 cm³/mol. The third-order valence-electron chi connectivity index (χ3n) is 5.16. The number of carbonyl (C=O) groups is 2. The molecule has 0 atom stereocenters. The Morgan fingerprint density at radius 2 is 1.97 bits per heavy atom. The zero-order valence-electron chi connectivity index (χ0n) is 16.9. The number of nitrogens with zero attached hydrogens (tertiary/aromatic N) is 2. The predicted octanol–water partition coefficient (Wildman–Crippen LogP) is 4.54. The van der Waals surface area contributed by atoms with E-state index >= 15 is 0 Å². The first-order valence-corrected chi connectivity index (χ1v) is 10.4. The van der Waals surface area contributed by atoms with E-state index < -0.39 is 0 Å². The van der Waals surface area contributed by atoms with Gasteiger partial charge in [0.2, 0.25) is 0 Å². The Labute approximate surface area is 180 Å². The standard InChI is InChI=1S/C23H23ClN4O2/c1-3-21-19(13-25-28(21)18-6-4-5-16(24)12-18)23(30)27-20-11-15(8-7-14(20)2)22(29)26-17-9-10-17/h4-8,11-13,17H,3,9-10H2,1-2H3,(H,26,29)(H,27,30). The van der Waals surface area contributed by atoms with Crippen molar-refractivity contribution in [3.8, 4) is 5.69 Å². The molecule has 1 aromatic heterocycles. The highest BCUT2D eigenvalue weighted by Crippen LogP contribution is 2.23. The lowest BCUT2D eigenvalue weighted by Crippen LogP contribution is -2.25. The molecule has 2 N–H and O–H groups in total. The fourth-order valence-electron chi connectivity index (χ4n) is 3.32. The van der Waals surface area contributed by atoms with Crippen molar-refractivity contribution in [3.05, 3.63) is 76.1 Å². The maximum absolute atomic E-state index is 13.0. The van der Waals surface area contributed by atoms with Gasteiger partial charge in [0.1, 0.15) is 0 Å². The third-order valence-corrected chi connectivity index (χ3v) is 5.40. The van der Waals surface area contributed by atoms with Crippen LogP contribution in [-0.2, 0) is 6.42 Å². The first-order chi connectivity index (χ1) is 14.5. The van der Waals surface area contributed by atoms with E-state index in [1.54, 1.807) is 29.1 Å². The second kappa shape index (κ2) is 8.32. The second-order valence-electron chi connectivity index (χ2n) is 7.48. The van der Waals surface area contributed by atoms with E-state index in [-0.39, 0.29) is 17.9 Å². The molecule has 1 aliphatic rings. The summed E-state index contributed by atoms with van der Waals surface area (Å²) < 4.78 is 1.73. The van der Waals surface area contributed by atoms with Crippen LogP contribution in [0.3, 0.4) is 0 Å². The molecule has 1 fully saturated rings. The second-order valence-corrected chi connectivity index (χ2v) is 7.92. The van der Waals surface area contributed by atoms with Gasteiger partial charge in [-0.3, -0.25) is 9.59 Å². The molecule has 154 valence electrons. The van der Waals surface area contributed by atoms with E-state index in [0.29, 0.717) is 28.3 Å². The normalized spacial score (nSPS) is 13.2. The molecule has 0 spiro atoms. The Hall–Kier alpha value is -3.12. The van der Waals surface area contributed by atoms with Gasteiger partial charge in [-0.1, -0.05) is 30.7 Å². The molecule has 2 amide bonds. The van der Waals surface area contributed by atoms with Gasteiger partial charge in [-0.05, 0) is 62.1 Å². The lowest BCUT2D eigenvalue weighted by Gasteiger charge is -2.12. The molecule has 0 saturated heterocycles. The molecule has 7 heteroatoms. The number of benzene rings is 2. The van der Waals surface area contributed by atoms with Crippen LogP contribution in [0.1, 0.15) is 51.7 Å².